The van der Waals surface area contributed by atoms with Crippen LogP contribution in [0, 0.1) is 0 Å². The second-order valence-corrected chi connectivity index (χ2v) is 4.11. The van der Waals surface area contributed by atoms with Crippen molar-refractivity contribution in [1.82, 2.24) is 15.0 Å². The molecule has 0 aliphatic rings. The number of aldehydes is 1. The lowest BCUT2D eigenvalue weighted by Crippen LogP contribution is -2.01. The Hall–Kier alpha value is -1.68. The minimum Gasteiger partial charge on any atom is -0.298 e. The molecule has 0 saturated heterocycles. The van der Waals surface area contributed by atoms with E-state index in [4.69, 9.17) is 11.6 Å². The lowest BCUT2D eigenvalue weighted by molar-refractivity contribution is 0.112. The van der Waals surface area contributed by atoms with Crippen LogP contribution in [-0.2, 0) is 6.54 Å². The van der Waals surface area contributed by atoms with Crippen molar-refractivity contribution in [3.8, 4) is 11.3 Å². The van der Waals surface area contributed by atoms with Crippen LogP contribution >= 0.6 is 11.6 Å². The SMILES string of the molecule is CCCn1nncc1-c1ccc(C=O)cc1Cl. The van der Waals surface area contributed by atoms with E-state index in [1.54, 1.807) is 18.3 Å². The van der Waals surface area contributed by atoms with E-state index < -0.39 is 0 Å². The predicted molar refractivity (Wildman–Crippen MR) is 66.1 cm³/mol. The highest BCUT2D eigenvalue weighted by molar-refractivity contribution is 6.33. The molecule has 1 heterocycles. The zero-order valence-electron chi connectivity index (χ0n) is 9.43. The Bertz CT molecular complexity index is 536. The van der Waals surface area contributed by atoms with E-state index >= 15 is 0 Å². The third-order valence-electron chi connectivity index (χ3n) is 2.46. The monoisotopic (exact) mass is 249 g/mol. The molecule has 0 radical (unpaired) electrons. The summed E-state index contributed by atoms with van der Waals surface area (Å²) in [6, 6.07) is 5.20. The minimum atomic E-state index is 0.536. The summed E-state index contributed by atoms with van der Waals surface area (Å²) in [6.45, 7) is 2.86. The van der Waals surface area contributed by atoms with Crippen LogP contribution in [0.5, 0.6) is 0 Å². The minimum absolute atomic E-state index is 0.536. The van der Waals surface area contributed by atoms with Gasteiger partial charge in [-0.05, 0) is 12.5 Å². The second kappa shape index (κ2) is 5.10. The van der Waals surface area contributed by atoms with Crippen molar-refractivity contribution >= 4 is 17.9 Å². The molecule has 1 aromatic carbocycles. The lowest BCUT2D eigenvalue weighted by Gasteiger charge is -2.06. The molecule has 17 heavy (non-hydrogen) atoms. The number of carbonyl (C=O) groups excluding carboxylic acids is 1. The summed E-state index contributed by atoms with van der Waals surface area (Å²) in [7, 11) is 0. The average molecular weight is 250 g/mol. The van der Waals surface area contributed by atoms with E-state index in [1.807, 2.05) is 10.7 Å². The molecule has 0 atom stereocenters. The number of aromatic nitrogens is 3. The van der Waals surface area contributed by atoms with E-state index in [0.717, 1.165) is 30.5 Å². The van der Waals surface area contributed by atoms with Gasteiger partial charge in [0, 0.05) is 17.7 Å². The highest BCUT2D eigenvalue weighted by atomic mass is 35.5. The molecule has 1 aromatic heterocycles. The number of benzene rings is 1. The zero-order chi connectivity index (χ0) is 12.3. The third kappa shape index (κ3) is 2.36. The Morgan fingerprint density at radius 2 is 2.29 bits per heavy atom. The maximum absolute atomic E-state index is 10.6. The summed E-state index contributed by atoms with van der Waals surface area (Å²) >= 11 is 6.14. The van der Waals surface area contributed by atoms with Gasteiger partial charge in [0.2, 0.25) is 0 Å². The molecule has 0 saturated carbocycles. The second-order valence-electron chi connectivity index (χ2n) is 3.70. The van der Waals surface area contributed by atoms with Crippen molar-refractivity contribution in [2.24, 2.45) is 0 Å². The first-order valence-electron chi connectivity index (χ1n) is 5.40. The normalized spacial score (nSPS) is 10.5. The van der Waals surface area contributed by atoms with Crippen molar-refractivity contribution in [3.05, 3.63) is 35.0 Å². The fraction of sp³-hybridized carbons (Fsp3) is 0.250. The first kappa shape index (κ1) is 11.8. The summed E-state index contributed by atoms with van der Waals surface area (Å²) in [5.74, 6) is 0. The number of hydrogen-bond acceptors (Lipinski definition) is 3. The number of hydrogen-bond donors (Lipinski definition) is 0. The summed E-state index contributed by atoms with van der Waals surface area (Å²) < 4.78 is 1.81. The average Bonchev–Trinajstić information content (AvgIpc) is 2.77. The molecule has 2 rings (SSSR count). The predicted octanol–water partition coefficient (Wildman–Crippen LogP) is 2.82. The molecule has 4 nitrogen and oxygen atoms in total. The van der Waals surface area contributed by atoms with Crippen molar-refractivity contribution in [1.29, 1.82) is 0 Å². The van der Waals surface area contributed by atoms with Gasteiger partial charge < -0.3 is 0 Å². The maximum atomic E-state index is 10.6. The van der Waals surface area contributed by atoms with Gasteiger partial charge in [0.25, 0.3) is 0 Å². The van der Waals surface area contributed by atoms with Crippen molar-refractivity contribution in [2.75, 3.05) is 0 Å². The van der Waals surface area contributed by atoms with Crippen LogP contribution in [0.25, 0.3) is 11.3 Å². The Morgan fingerprint density at radius 3 is 2.94 bits per heavy atom. The quantitative estimate of drug-likeness (QED) is 0.783. The highest BCUT2D eigenvalue weighted by Crippen LogP contribution is 2.27. The van der Waals surface area contributed by atoms with Gasteiger partial charge in [-0.2, -0.15) is 0 Å². The number of aryl methyl sites for hydroxylation is 1. The van der Waals surface area contributed by atoms with E-state index in [0.29, 0.717) is 10.6 Å². The highest BCUT2D eigenvalue weighted by Gasteiger charge is 2.10. The Labute approximate surface area is 104 Å². The number of halogens is 1. The van der Waals surface area contributed by atoms with Gasteiger partial charge in [0.15, 0.2) is 0 Å². The van der Waals surface area contributed by atoms with Gasteiger partial charge in [-0.1, -0.05) is 35.9 Å². The van der Waals surface area contributed by atoms with Crippen molar-refractivity contribution in [3.63, 3.8) is 0 Å². The molecule has 0 bridgehead atoms. The standard InChI is InChI=1S/C12H12ClN3O/c1-2-5-16-12(7-14-15-16)10-4-3-9(8-17)6-11(10)13/h3-4,6-8H,2,5H2,1H3. The Balaban J connectivity index is 2.45. The van der Waals surface area contributed by atoms with Crippen LogP contribution in [-0.4, -0.2) is 21.3 Å². The Kier molecular flexibility index (Phi) is 3.54. The summed E-state index contributed by atoms with van der Waals surface area (Å²) in [6.07, 6.45) is 3.43. The van der Waals surface area contributed by atoms with Crippen LogP contribution in [0.15, 0.2) is 24.4 Å². The molecule has 5 heteroatoms. The van der Waals surface area contributed by atoms with E-state index in [9.17, 15) is 4.79 Å². The Morgan fingerprint density at radius 1 is 1.47 bits per heavy atom. The fourth-order valence-corrected chi connectivity index (χ4v) is 1.94. The summed E-state index contributed by atoms with van der Waals surface area (Å²) in [4.78, 5) is 10.6. The third-order valence-corrected chi connectivity index (χ3v) is 2.77. The lowest BCUT2D eigenvalue weighted by atomic mass is 10.1. The molecule has 0 N–H and O–H groups in total. The first-order valence-corrected chi connectivity index (χ1v) is 5.77. The van der Waals surface area contributed by atoms with Gasteiger partial charge in [-0.3, -0.25) is 4.79 Å². The molecule has 2 aromatic rings. The largest absolute Gasteiger partial charge is 0.298 e. The van der Waals surface area contributed by atoms with E-state index in [2.05, 4.69) is 17.2 Å². The molecule has 0 aliphatic heterocycles. The fourth-order valence-electron chi connectivity index (χ4n) is 1.66. The molecule has 88 valence electrons. The van der Waals surface area contributed by atoms with Gasteiger partial charge in [-0.25, -0.2) is 4.68 Å². The maximum Gasteiger partial charge on any atom is 0.150 e. The number of carbonyl (C=O) groups is 1. The van der Waals surface area contributed by atoms with Gasteiger partial charge >= 0.3 is 0 Å². The smallest absolute Gasteiger partial charge is 0.150 e. The van der Waals surface area contributed by atoms with Crippen molar-refractivity contribution in [2.45, 2.75) is 19.9 Å². The van der Waals surface area contributed by atoms with Crippen LogP contribution in [0.4, 0.5) is 0 Å². The van der Waals surface area contributed by atoms with Crippen LogP contribution in [0.3, 0.4) is 0 Å². The summed E-state index contributed by atoms with van der Waals surface area (Å²) in [5.41, 5.74) is 2.28. The van der Waals surface area contributed by atoms with Gasteiger partial charge in [0.1, 0.15) is 6.29 Å². The number of rotatable bonds is 4. The van der Waals surface area contributed by atoms with Crippen LogP contribution < -0.4 is 0 Å². The molecule has 0 spiro atoms. The van der Waals surface area contributed by atoms with Gasteiger partial charge in [-0.15, -0.1) is 5.10 Å². The number of nitrogens with zero attached hydrogens (tertiary/aromatic N) is 3. The topological polar surface area (TPSA) is 47.8 Å². The van der Waals surface area contributed by atoms with E-state index in [-0.39, 0.29) is 0 Å². The molecular weight excluding hydrogens is 238 g/mol. The zero-order valence-corrected chi connectivity index (χ0v) is 10.2. The van der Waals surface area contributed by atoms with Crippen LogP contribution in [0.2, 0.25) is 5.02 Å². The summed E-state index contributed by atoms with van der Waals surface area (Å²) in [5, 5.41) is 8.43. The molecule has 0 fully saturated rings. The van der Waals surface area contributed by atoms with Crippen LogP contribution in [0.1, 0.15) is 23.7 Å². The molecular formula is C12H12ClN3O. The van der Waals surface area contributed by atoms with E-state index in [1.165, 1.54) is 0 Å². The van der Waals surface area contributed by atoms with Crippen molar-refractivity contribution < 1.29 is 4.79 Å². The van der Waals surface area contributed by atoms with Gasteiger partial charge in [0.05, 0.1) is 16.9 Å². The molecule has 0 amide bonds. The molecule has 0 unspecified atom stereocenters. The first-order chi connectivity index (χ1) is 8.26. The molecule has 0 aliphatic carbocycles.